The second kappa shape index (κ2) is 8.36. The van der Waals surface area contributed by atoms with Gasteiger partial charge in [-0.1, -0.05) is 11.3 Å². The van der Waals surface area contributed by atoms with E-state index in [1.54, 1.807) is 0 Å². The monoisotopic (exact) mass is 460 g/mol. The summed E-state index contributed by atoms with van der Waals surface area (Å²) in [6.07, 6.45) is -4.59. The Morgan fingerprint density at radius 1 is 1.10 bits per heavy atom. The zero-order valence-electron chi connectivity index (χ0n) is 15.0. The number of hydrogen-bond donors (Lipinski definition) is 2. The predicted octanol–water partition coefficient (Wildman–Crippen LogP) is 5.43. The molecule has 1 aromatic heterocycles. The van der Waals surface area contributed by atoms with Gasteiger partial charge in [0.25, 0.3) is 0 Å². The number of hydrogen-bond acceptors (Lipinski definition) is 7. The molecule has 2 aromatic carbocycles. The largest absolute Gasteiger partial charge is 0.454 e. The molecule has 0 spiro atoms. The zero-order chi connectivity index (χ0) is 21.3. The number of aromatic nitrogens is 2. The molecule has 0 amide bonds. The molecular formula is C18H13F5N4OS2. The molecule has 1 fully saturated rings. The van der Waals surface area contributed by atoms with Gasteiger partial charge in [-0.15, -0.1) is 10.2 Å². The van der Waals surface area contributed by atoms with E-state index < -0.39 is 29.1 Å². The number of alkyl halides is 3. The minimum atomic E-state index is -4.59. The highest BCUT2D eigenvalue weighted by atomic mass is 32.2. The van der Waals surface area contributed by atoms with Crippen LogP contribution >= 0.6 is 23.3 Å². The van der Waals surface area contributed by atoms with Crippen LogP contribution in [0.4, 0.5) is 27.1 Å². The van der Waals surface area contributed by atoms with Gasteiger partial charge < -0.3 is 10.1 Å². The van der Waals surface area contributed by atoms with Gasteiger partial charge in [0.15, 0.2) is 11.6 Å². The molecule has 2 heterocycles. The number of nitrogens with one attached hydrogen (secondary N) is 2. The van der Waals surface area contributed by atoms with Gasteiger partial charge in [-0.2, -0.15) is 13.2 Å². The third kappa shape index (κ3) is 4.65. The zero-order valence-corrected chi connectivity index (χ0v) is 16.6. The van der Waals surface area contributed by atoms with Crippen molar-refractivity contribution in [3.8, 4) is 11.5 Å². The number of rotatable bonds is 6. The van der Waals surface area contributed by atoms with Crippen molar-refractivity contribution in [2.45, 2.75) is 17.0 Å². The first-order valence-corrected chi connectivity index (χ1v) is 10.3. The predicted molar refractivity (Wildman–Crippen MR) is 103 cm³/mol. The van der Waals surface area contributed by atoms with Gasteiger partial charge in [-0.05, 0) is 41.8 Å². The molecule has 0 saturated carbocycles. The number of benzene rings is 2. The van der Waals surface area contributed by atoms with Crippen LogP contribution in [0.25, 0.3) is 0 Å². The van der Waals surface area contributed by atoms with Gasteiger partial charge >= 0.3 is 6.18 Å². The van der Waals surface area contributed by atoms with Crippen molar-refractivity contribution in [1.82, 2.24) is 15.5 Å². The van der Waals surface area contributed by atoms with E-state index in [-0.39, 0.29) is 16.6 Å². The molecule has 0 atom stereocenters. The lowest BCUT2D eigenvalue weighted by atomic mass is 9.92. The number of anilines is 1. The van der Waals surface area contributed by atoms with Crippen molar-refractivity contribution in [2.75, 3.05) is 17.8 Å². The highest BCUT2D eigenvalue weighted by Crippen LogP contribution is 2.38. The van der Waals surface area contributed by atoms with Gasteiger partial charge in [0.1, 0.15) is 17.1 Å². The van der Waals surface area contributed by atoms with Crippen LogP contribution in [0.1, 0.15) is 17.0 Å². The molecule has 1 aliphatic rings. The van der Waals surface area contributed by atoms with Crippen LogP contribution in [0.15, 0.2) is 40.7 Å². The summed E-state index contributed by atoms with van der Waals surface area (Å²) in [7, 11) is 0. The summed E-state index contributed by atoms with van der Waals surface area (Å²) >= 11 is 1.97. The lowest BCUT2D eigenvalue weighted by molar-refractivity contribution is -0.137. The molecule has 0 bridgehead atoms. The minimum Gasteiger partial charge on any atom is -0.454 e. The van der Waals surface area contributed by atoms with E-state index in [0.717, 1.165) is 36.2 Å². The molecule has 1 saturated heterocycles. The second-order valence-corrected chi connectivity index (χ2v) is 8.09. The molecule has 3 aromatic rings. The first-order valence-electron chi connectivity index (χ1n) is 8.58. The lowest BCUT2D eigenvalue weighted by Gasteiger charge is -2.28. The number of halogens is 5. The van der Waals surface area contributed by atoms with E-state index in [2.05, 4.69) is 20.2 Å². The lowest BCUT2D eigenvalue weighted by Crippen LogP contribution is -2.39. The van der Waals surface area contributed by atoms with Crippen LogP contribution in [0.5, 0.6) is 11.5 Å². The van der Waals surface area contributed by atoms with Gasteiger partial charge in [-0.3, -0.25) is 4.72 Å². The van der Waals surface area contributed by atoms with Crippen LogP contribution in [-0.4, -0.2) is 23.3 Å². The van der Waals surface area contributed by atoms with Crippen molar-refractivity contribution < 1.29 is 26.7 Å². The van der Waals surface area contributed by atoms with E-state index >= 15 is 0 Å². The number of nitrogens with zero attached hydrogens (tertiary/aromatic N) is 2. The maximum Gasteiger partial charge on any atom is 0.416 e. The summed E-state index contributed by atoms with van der Waals surface area (Å²) in [6.45, 7) is 1.08. The summed E-state index contributed by atoms with van der Waals surface area (Å²) in [5, 5.41) is 10.7. The highest BCUT2D eigenvalue weighted by Gasteiger charge is 2.33. The van der Waals surface area contributed by atoms with Gasteiger partial charge in [-0.25, -0.2) is 8.78 Å². The summed E-state index contributed by atoms with van der Waals surface area (Å²) in [5.74, 6) is -2.53. The third-order valence-electron chi connectivity index (χ3n) is 4.33. The molecule has 1 aliphatic heterocycles. The molecule has 0 aliphatic carbocycles. The van der Waals surface area contributed by atoms with E-state index in [1.165, 1.54) is 22.9 Å². The maximum atomic E-state index is 14.5. The average molecular weight is 460 g/mol. The quantitative estimate of drug-likeness (QED) is 0.378. The van der Waals surface area contributed by atoms with Crippen LogP contribution in [0, 0.1) is 11.6 Å². The van der Waals surface area contributed by atoms with Crippen molar-refractivity contribution in [1.29, 1.82) is 0 Å². The Labute approximate surface area is 175 Å². The van der Waals surface area contributed by atoms with Crippen LogP contribution in [0.2, 0.25) is 0 Å². The number of ether oxygens (including phenoxy) is 1. The maximum absolute atomic E-state index is 14.5. The highest BCUT2D eigenvalue weighted by molar-refractivity contribution is 8.00. The van der Waals surface area contributed by atoms with Crippen LogP contribution < -0.4 is 14.8 Å². The molecule has 158 valence electrons. The Morgan fingerprint density at radius 3 is 2.53 bits per heavy atom. The van der Waals surface area contributed by atoms with Crippen LogP contribution in [-0.2, 0) is 6.18 Å². The Kier molecular flexibility index (Phi) is 5.80. The van der Waals surface area contributed by atoms with Crippen molar-refractivity contribution in [2.24, 2.45) is 0 Å². The normalized spacial score (nSPS) is 14.4. The smallest absolute Gasteiger partial charge is 0.416 e. The Bertz CT molecular complexity index is 1040. The summed E-state index contributed by atoms with van der Waals surface area (Å²) in [6, 6.07) is 4.93. The van der Waals surface area contributed by atoms with E-state index in [9.17, 15) is 22.0 Å². The molecule has 2 N–H and O–H groups in total. The Balaban J connectivity index is 1.58. The topological polar surface area (TPSA) is 59.1 Å². The first-order chi connectivity index (χ1) is 14.3. The minimum absolute atomic E-state index is 0.0691. The van der Waals surface area contributed by atoms with E-state index in [4.69, 9.17) is 4.74 Å². The molecule has 4 rings (SSSR count). The first kappa shape index (κ1) is 20.8. The standard InChI is InChI=1S/C18H13F5N4OS2/c19-13-5-16(30-27-17-26-25-8-29-17)14(20)4-15(13)28-12-2-9(10-6-24-7-10)1-11(3-12)18(21,22)23/h1-5,8,10,24H,6-7H2,(H,26,27). The third-order valence-corrected chi connectivity index (χ3v) is 5.90. The SMILES string of the molecule is Fc1cc(SNc2nncs2)c(F)cc1Oc1cc(C2CNC2)cc(C(F)(F)F)c1. The van der Waals surface area contributed by atoms with Gasteiger partial charge in [0, 0.05) is 25.1 Å². The fourth-order valence-electron chi connectivity index (χ4n) is 2.71. The fourth-order valence-corrected chi connectivity index (χ4v) is 3.88. The molecular weight excluding hydrogens is 447 g/mol. The second-order valence-electron chi connectivity index (χ2n) is 6.41. The van der Waals surface area contributed by atoms with Crippen molar-refractivity contribution >= 4 is 28.4 Å². The van der Waals surface area contributed by atoms with Gasteiger partial charge in [0.05, 0.1) is 10.5 Å². The molecule has 0 radical (unpaired) electrons. The molecule has 30 heavy (non-hydrogen) atoms. The van der Waals surface area contributed by atoms with E-state index in [0.29, 0.717) is 23.8 Å². The van der Waals surface area contributed by atoms with Gasteiger partial charge in [0.2, 0.25) is 5.13 Å². The summed E-state index contributed by atoms with van der Waals surface area (Å²) in [4.78, 5) is -0.0691. The fraction of sp³-hybridized carbons (Fsp3) is 0.222. The molecule has 0 unspecified atom stereocenters. The van der Waals surface area contributed by atoms with Crippen LogP contribution in [0.3, 0.4) is 0 Å². The molecule has 5 nitrogen and oxygen atoms in total. The summed E-state index contributed by atoms with van der Waals surface area (Å²) in [5.41, 5.74) is 0.990. The van der Waals surface area contributed by atoms with Crippen molar-refractivity contribution in [3.63, 3.8) is 0 Å². The summed E-state index contributed by atoms with van der Waals surface area (Å²) < 4.78 is 76.6. The Hall–Kier alpha value is -2.44. The van der Waals surface area contributed by atoms with Crippen molar-refractivity contribution in [3.05, 3.63) is 58.6 Å². The molecule has 12 heteroatoms. The Morgan fingerprint density at radius 2 is 1.90 bits per heavy atom. The van der Waals surface area contributed by atoms with E-state index in [1.807, 2.05) is 0 Å². The average Bonchev–Trinajstić information content (AvgIpc) is 3.14.